The fourth-order valence-corrected chi connectivity index (χ4v) is 3.24. The van der Waals surface area contributed by atoms with E-state index in [1.54, 1.807) is 0 Å². The van der Waals surface area contributed by atoms with Crippen molar-refractivity contribution in [2.45, 2.75) is 44.2 Å². The molecule has 126 valence electrons. The fourth-order valence-electron chi connectivity index (χ4n) is 3.24. The van der Waals surface area contributed by atoms with Gasteiger partial charge in [0.15, 0.2) is 0 Å². The molecule has 1 atom stereocenters. The number of aliphatic hydroxyl groups excluding tert-OH is 1. The number of carbonyl (C=O) groups excluding carboxylic acids is 1. The molecule has 23 heavy (non-hydrogen) atoms. The Hall–Kier alpha value is -1.75. The zero-order chi connectivity index (χ0) is 16.1. The lowest BCUT2D eigenvalue weighted by Crippen LogP contribution is -2.47. The lowest BCUT2D eigenvalue weighted by molar-refractivity contribution is 0.187. The molecule has 5 nitrogen and oxygen atoms in total. The number of hydrogen-bond acceptors (Lipinski definition) is 3. The highest BCUT2D eigenvalue weighted by atomic mass is 16.3. The molecule has 1 aliphatic carbocycles. The van der Waals surface area contributed by atoms with Crippen molar-refractivity contribution in [3.05, 3.63) is 30.3 Å². The van der Waals surface area contributed by atoms with Gasteiger partial charge in [-0.3, -0.25) is 0 Å². The van der Waals surface area contributed by atoms with Gasteiger partial charge in [-0.05, 0) is 44.2 Å². The molecule has 5 heteroatoms. The largest absolute Gasteiger partial charge is 0.396 e. The van der Waals surface area contributed by atoms with Gasteiger partial charge in [0.05, 0.1) is 0 Å². The van der Waals surface area contributed by atoms with E-state index in [4.69, 9.17) is 5.11 Å². The van der Waals surface area contributed by atoms with Crippen LogP contribution in [0.4, 0.5) is 10.5 Å². The number of benzene rings is 1. The Kier molecular flexibility index (Phi) is 5.39. The van der Waals surface area contributed by atoms with E-state index in [0.29, 0.717) is 6.04 Å². The van der Waals surface area contributed by atoms with Crippen LogP contribution in [0.5, 0.6) is 0 Å². The van der Waals surface area contributed by atoms with Gasteiger partial charge in [0.2, 0.25) is 0 Å². The maximum absolute atomic E-state index is 12.6. The minimum Gasteiger partial charge on any atom is -0.396 e. The van der Waals surface area contributed by atoms with Crippen molar-refractivity contribution < 1.29 is 9.90 Å². The molecule has 2 fully saturated rings. The SMILES string of the molecule is O=C(NC1CCN(c2ccccc2)C1)N(CCCCO)C1CC1. The van der Waals surface area contributed by atoms with Gasteiger partial charge in [0, 0.05) is 44.0 Å². The summed E-state index contributed by atoms with van der Waals surface area (Å²) in [5.41, 5.74) is 1.23. The van der Waals surface area contributed by atoms with Crippen LogP contribution in [0.1, 0.15) is 32.1 Å². The topological polar surface area (TPSA) is 55.8 Å². The number of carbonyl (C=O) groups is 1. The van der Waals surface area contributed by atoms with E-state index < -0.39 is 0 Å². The summed E-state index contributed by atoms with van der Waals surface area (Å²) in [5, 5.41) is 12.1. The minimum atomic E-state index is 0.0744. The summed E-state index contributed by atoms with van der Waals surface area (Å²) in [5.74, 6) is 0. The van der Waals surface area contributed by atoms with Crippen LogP contribution in [0, 0.1) is 0 Å². The molecule has 1 aliphatic heterocycles. The zero-order valence-electron chi connectivity index (χ0n) is 13.7. The molecule has 2 amide bonds. The molecule has 1 saturated heterocycles. The Morgan fingerprint density at radius 1 is 1.22 bits per heavy atom. The first kappa shape index (κ1) is 16.1. The molecular formula is C18H27N3O2. The molecule has 0 bridgehead atoms. The zero-order valence-corrected chi connectivity index (χ0v) is 13.7. The van der Waals surface area contributed by atoms with Gasteiger partial charge in [-0.2, -0.15) is 0 Å². The quantitative estimate of drug-likeness (QED) is 0.758. The third-order valence-electron chi connectivity index (χ3n) is 4.69. The van der Waals surface area contributed by atoms with E-state index in [2.05, 4.69) is 34.5 Å². The van der Waals surface area contributed by atoms with Crippen molar-refractivity contribution in [2.75, 3.05) is 31.1 Å². The third-order valence-corrected chi connectivity index (χ3v) is 4.69. The number of hydrogen-bond donors (Lipinski definition) is 2. The molecule has 1 aromatic carbocycles. The smallest absolute Gasteiger partial charge is 0.317 e. The summed E-state index contributed by atoms with van der Waals surface area (Å²) in [7, 11) is 0. The van der Waals surface area contributed by atoms with Gasteiger partial charge in [0.25, 0.3) is 0 Å². The third kappa shape index (κ3) is 4.38. The molecule has 1 heterocycles. The van der Waals surface area contributed by atoms with Gasteiger partial charge >= 0.3 is 6.03 Å². The van der Waals surface area contributed by atoms with Crippen molar-refractivity contribution in [2.24, 2.45) is 0 Å². The molecule has 0 spiro atoms. The number of rotatable bonds is 7. The lowest BCUT2D eigenvalue weighted by atomic mass is 10.2. The normalized spacial score (nSPS) is 20.6. The van der Waals surface area contributed by atoms with Crippen molar-refractivity contribution in [3.63, 3.8) is 0 Å². The van der Waals surface area contributed by atoms with E-state index in [1.165, 1.54) is 5.69 Å². The molecule has 0 aromatic heterocycles. The Balaban J connectivity index is 1.49. The van der Waals surface area contributed by atoms with Crippen molar-refractivity contribution in [3.8, 4) is 0 Å². The van der Waals surface area contributed by atoms with E-state index in [1.807, 2.05) is 11.0 Å². The number of aliphatic hydroxyl groups is 1. The van der Waals surface area contributed by atoms with E-state index in [-0.39, 0.29) is 18.7 Å². The highest BCUT2D eigenvalue weighted by Crippen LogP contribution is 2.27. The van der Waals surface area contributed by atoms with Crippen molar-refractivity contribution >= 4 is 11.7 Å². The number of unbranched alkanes of at least 4 members (excludes halogenated alkanes) is 1. The van der Waals surface area contributed by atoms with Crippen LogP contribution in [-0.4, -0.2) is 54.4 Å². The Morgan fingerprint density at radius 3 is 2.70 bits per heavy atom. The molecule has 1 aromatic rings. The van der Waals surface area contributed by atoms with Crippen LogP contribution in [0.3, 0.4) is 0 Å². The monoisotopic (exact) mass is 317 g/mol. The van der Waals surface area contributed by atoms with Crippen LogP contribution in [0.2, 0.25) is 0 Å². The first-order valence-corrected chi connectivity index (χ1v) is 8.76. The number of urea groups is 1. The van der Waals surface area contributed by atoms with E-state index >= 15 is 0 Å². The van der Waals surface area contributed by atoms with Gasteiger partial charge in [-0.15, -0.1) is 0 Å². The van der Waals surface area contributed by atoms with Crippen LogP contribution in [0.15, 0.2) is 30.3 Å². The minimum absolute atomic E-state index is 0.0744. The van der Waals surface area contributed by atoms with Gasteiger partial charge in [-0.1, -0.05) is 18.2 Å². The van der Waals surface area contributed by atoms with E-state index in [9.17, 15) is 4.79 Å². The number of para-hydroxylation sites is 1. The molecule has 2 aliphatic rings. The van der Waals surface area contributed by atoms with Crippen LogP contribution in [0.25, 0.3) is 0 Å². The van der Waals surface area contributed by atoms with Crippen LogP contribution < -0.4 is 10.2 Å². The molecule has 0 radical (unpaired) electrons. The Bertz CT molecular complexity index is 504. The first-order chi connectivity index (χ1) is 11.3. The van der Waals surface area contributed by atoms with Crippen molar-refractivity contribution in [1.29, 1.82) is 0 Å². The second kappa shape index (κ2) is 7.68. The second-order valence-corrected chi connectivity index (χ2v) is 6.57. The maximum atomic E-state index is 12.6. The van der Waals surface area contributed by atoms with E-state index in [0.717, 1.165) is 51.7 Å². The molecule has 2 N–H and O–H groups in total. The molecule has 3 rings (SSSR count). The number of nitrogens with zero attached hydrogens (tertiary/aromatic N) is 2. The molecule has 1 saturated carbocycles. The highest BCUT2D eigenvalue weighted by molar-refractivity contribution is 5.75. The van der Waals surface area contributed by atoms with Crippen LogP contribution >= 0.6 is 0 Å². The summed E-state index contributed by atoms with van der Waals surface area (Å²) in [6.45, 7) is 2.83. The standard InChI is InChI=1S/C18H27N3O2/c22-13-5-4-11-21(17-8-9-17)18(23)19-15-10-12-20(14-15)16-6-2-1-3-7-16/h1-3,6-7,15,17,22H,4-5,8-14H2,(H,19,23). The van der Waals surface area contributed by atoms with Gasteiger partial charge in [0.1, 0.15) is 0 Å². The second-order valence-electron chi connectivity index (χ2n) is 6.57. The molecular weight excluding hydrogens is 290 g/mol. The van der Waals surface area contributed by atoms with Gasteiger partial charge < -0.3 is 20.2 Å². The summed E-state index contributed by atoms with van der Waals surface area (Å²) in [4.78, 5) is 16.9. The fraction of sp³-hybridized carbons (Fsp3) is 0.611. The first-order valence-electron chi connectivity index (χ1n) is 8.76. The predicted molar refractivity (Wildman–Crippen MR) is 91.6 cm³/mol. The maximum Gasteiger partial charge on any atom is 0.317 e. The number of nitrogens with one attached hydrogen (secondary N) is 1. The summed E-state index contributed by atoms with van der Waals surface area (Å²) in [6, 6.07) is 11.1. The number of amides is 2. The highest BCUT2D eigenvalue weighted by Gasteiger charge is 2.34. The molecule has 1 unspecified atom stereocenters. The number of anilines is 1. The predicted octanol–water partition coefficient (Wildman–Crippen LogP) is 2.21. The summed E-state index contributed by atoms with van der Waals surface area (Å²) < 4.78 is 0. The average Bonchev–Trinajstić information content (AvgIpc) is 3.31. The average molecular weight is 317 g/mol. The lowest BCUT2D eigenvalue weighted by Gasteiger charge is -2.25. The Labute approximate surface area is 138 Å². The Morgan fingerprint density at radius 2 is 2.00 bits per heavy atom. The summed E-state index contributed by atoms with van der Waals surface area (Å²) >= 11 is 0. The van der Waals surface area contributed by atoms with Crippen molar-refractivity contribution in [1.82, 2.24) is 10.2 Å². The summed E-state index contributed by atoms with van der Waals surface area (Å²) in [6.07, 6.45) is 4.87. The van der Waals surface area contributed by atoms with Crippen LogP contribution in [-0.2, 0) is 0 Å². The van der Waals surface area contributed by atoms with Gasteiger partial charge in [-0.25, -0.2) is 4.79 Å².